The van der Waals surface area contributed by atoms with Gasteiger partial charge in [-0.25, -0.2) is 4.79 Å². The first-order valence-electron chi connectivity index (χ1n) is 7.28. The average Bonchev–Trinajstić information content (AvgIpc) is 2.58. The molecule has 2 aromatic rings. The monoisotopic (exact) mass is 403 g/mol. The Morgan fingerprint density at radius 2 is 1.73 bits per heavy atom. The van der Waals surface area contributed by atoms with Gasteiger partial charge in [-0.05, 0) is 49.4 Å². The number of alkyl halides is 2. The largest absolute Gasteiger partial charge is 0.449 e. The Labute approximate surface area is 157 Å². The Bertz CT molecular complexity index is 800. The van der Waals surface area contributed by atoms with Crippen LogP contribution in [-0.2, 0) is 9.53 Å². The molecular weight excluding hydrogens is 391 g/mol. The molecule has 1 N–H and O–H groups in total. The van der Waals surface area contributed by atoms with Crippen molar-refractivity contribution in [1.82, 2.24) is 0 Å². The van der Waals surface area contributed by atoms with Crippen LogP contribution in [0.25, 0.3) is 0 Å². The number of halogens is 4. The maximum Gasteiger partial charge on any atom is 0.387 e. The van der Waals surface area contributed by atoms with Gasteiger partial charge in [0, 0.05) is 5.02 Å². The number of nitrogens with one attached hydrogen (secondary N) is 1. The zero-order valence-corrected chi connectivity index (χ0v) is 14.9. The van der Waals surface area contributed by atoms with E-state index >= 15 is 0 Å². The van der Waals surface area contributed by atoms with E-state index in [9.17, 15) is 18.4 Å². The van der Waals surface area contributed by atoms with Gasteiger partial charge < -0.3 is 14.8 Å². The smallest absolute Gasteiger partial charge is 0.387 e. The van der Waals surface area contributed by atoms with Crippen molar-refractivity contribution in [2.24, 2.45) is 0 Å². The summed E-state index contributed by atoms with van der Waals surface area (Å²) in [5.41, 5.74) is 0.354. The zero-order valence-electron chi connectivity index (χ0n) is 13.3. The third kappa shape index (κ3) is 5.57. The van der Waals surface area contributed by atoms with E-state index in [1.165, 1.54) is 43.3 Å². The first kappa shape index (κ1) is 19.9. The molecule has 9 heteroatoms. The van der Waals surface area contributed by atoms with Crippen LogP contribution < -0.4 is 10.1 Å². The van der Waals surface area contributed by atoms with Gasteiger partial charge in [0.25, 0.3) is 5.91 Å². The van der Waals surface area contributed by atoms with Crippen LogP contribution in [0.5, 0.6) is 5.75 Å². The predicted molar refractivity (Wildman–Crippen MR) is 93.0 cm³/mol. The van der Waals surface area contributed by atoms with Gasteiger partial charge in [0.1, 0.15) is 5.75 Å². The number of esters is 1. The van der Waals surface area contributed by atoms with Crippen molar-refractivity contribution in [2.75, 3.05) is 5.32 Å². The second kappa shape index (κ2) is 8.82. The Morgan fingerprint density at radius 3 is 2.35 bits per heavy atom. The minimum Gasteiger partial charge on any atom is -0.449 e. The summed E-state index contributed by atoms with van der Waals surface area (Å²) in [5.74, 6) is -1.51. The molecule has 1 atom stereocenters. The Balaban J connectivity index is 1.97. The fraction of sp³-hybridized carbons (Fsp3) is 0.176. The maximum atomic E-state index is 12.1. The molecule has 0 fully saturated rings. The van der Waals surface area contributed by atoms with Crippen LogP contribution in [0.2, 0.25) is 10.0 Å². The van der Waals surface area contributed by atoms with E-state index in [1.807, 2.05) is 0 Å². The molecule has 2 rings (SSSR count). The van der Waals surface area contributed by atoms with Crippen LogP contribution in [0, 0.1) is 0 Å². The van der Waals surface area contributed by atoms with E-state index < -0.39 is 24.6 Å². The third-order valence-electron chi connectivity index (χ3n) is 3.15. The summed E-state index contributed by atoms with van der Waals surface area (Å²) in [6.45, 7) is -1.59. The molecule has 0 saturated heterocycles. The van der Waals surface area contributed by atoms with Gasteiger partial charge in [0.2, 0.25) is 0 Å². The average molecular weight is 404 g/mol. The number of amides is 1. The molecular formula is C17H13Cl2F2NO4. The van der Waals surface area contributed by atoms with E-state index in [0.717, 1.165) is 0 Å². The molecule has 0 aliphatic heterocycles. The lowest BCUT2D eigenvalue weighted by Gasteiger charge is -2.14. The summed E-state index contributed by atoms with van der Waals surface area (Å²) in [5, 5.41) is 3.15. The van der Waals surface area contributed by atoms with Crippen LogP contribution in [0.15, 0.2) is 42.5 Å². The fourth-order valence-electron chi connectivity index (χ4n) is 1.88. The molecule has 0 aromatic heterocycles. The molecule has 0 bridgehead atoms. The van der Waals surface area contributed by atoms with Gasteiger partial charge in [-0.1, -0.05) is 23.2 Å². The molecule has 0 aliphatic carbocycles. The van der Waals surface area contributed by atoms with Crippen molar-refractivity contribution >= 4 is 40.8 Å². The van der Waals surface area contributed by atoms with E-state index in [-0.39, 0.29) is 22.0 Å². The molecule has 0 heterocycles. The minimum atomic E-state index is -2.96. The SMILES string of the molecule is C[C@H](OC(=O)c1ccc(OC(F)F)cc1)C(=O)Nc1cc(Cl)ccc1Cl. The predicted octanol–water partition coefficient (Wildman–Crippen LogP) is 4.78. The molecule has 0 aliphatic rings. The van der Waals surface area contributed by atoms with Crippen LogP contribution in [0.4, 0.5) is 14.5 Å². The number of rotatable bonds is 6. The highest BCUT2D eigenvalue weighted by Gasteiger charge is 2.20. The van der Waals surface area contributed by atoms with Crippen LogP contribution >= 0.6 is 23.2 Å². The number of anilines is 1. The second-order valence-corrected chi connectivity index (χ2v) is 5.91. The Kier molecular flexibility index (Phi) is 6.76. The summed E-state index contributed by atoms with van der Waals surface area (Å²) in [7, 11) is 0. The molecule has 0 spiro atoms. The van der Waals surface area contributed by atoms with Crippen molar-refractivity contribution in [3.63, 3.8) is 0 Å². The maximum absolute atomic E-state index is 12.1. The van der Waals surface area contributed by atoms with Crippen LogP contribution in [-0.4, -0.2) is 24.6 Å². The molecule has 2 aromatic carbocycles. The molecule has 5 nitrogen and oxygen atoms in total. The lowest BCUT2D eigenvalue weighted by molar-refractivity contribution is -0.123. The van der Waals surface area contributed by atoms with Crippen molar-refractivity contribution < 1.29 is 27.8 Å². The lowest BCUT2D eigenvalue weighted by Crippen LogP contribution is -2.30. The number of ether oxygens (including phenoxy) is 2. The molecule has 138 valence electrons. The van der Waals surface area contributed by atoms with Gasteiger partial charge in [-0.2, -0.15) is 8.78 Å². The molecule has 0 saturated carbocycles. The molecule has 1 amide bonds. The van der Waals surface area contributed by atoms with E-state index in [2.05, 4.69) is 10.1 Å². The highest BCUT2D eigenvalue weighted by Crippen LogP contribution is 2.25. The van der Waals surface area contributed by atoms with Crippen molar-refractivity contribution in [3.8, 4) is 5.75 Å². The standard InChI is InChI=1S/C17H13Cl2F2NO4/c1-9(15(23)22-14-8-11(18)4-7-13(14)19)25-16(24)10-2-5-12(6-3-10)26-17(20)21/h2-9,17H,1H3,(H,22,23)/t9-/m0/s1. The Morgan fingerprint density at radius 1 is 1.08 bits per heavy atom. The van der Waals surface area contributed by atoms with Gasteiger partial charge in [0.15, 0.2) is 6.10 Å². The second-order valence-electron chi connectivity index (χ2n) is 5.06. The van der Waals surface area contributed by atoms with Gasteiger partial charge in [0.05, 0.1) is 16.3 Å². The summed E-state index contributed by atoms with van der Waals surface area (Å²) < 4.78 is 33.4. The lowest BCUT2D eigenvalue weighted by atomic mass is 10.2. The quantitative estimate of drug-likeness (QED) is 0.704. The number of hydrogen-bond donors (Lipinski definition) is 1. The van der Waals surface area contributed by atoms with Gasteiger partial charge >= 0.3 is 12.6 Å². The first-order valence-corrected chi connectivity index (χ1v) is 8.03. The normalized spacial score (nSPS) is 11.8. The Hall–Kier alpha value is -2.38. The van der Waals surface area contributed by atoms with Crippen molar-refractivity contribution in [2.45, 2.75) is 19.6 Å². The third-order valence-corrected chi connectivity index (χ3v) is 3.72. The zero-order chi connectivity index (χ0) is 19.3. The summed E-state index contributed by atoms with van der Waals surface area (Å²) in [4.78, 5) is 24.2. The molecule has 0 unspecified atom stereocenters. The van der Waals surface area contributed by atoms with Gasteiger partial charge in [-0.15, -0.1) is 0 Å². The number of carbonyl (C=O) groups is 2. The van der Waals surface area contributed by atoms with Crippen LogP contribution in [0.3, 0.4) is 0 Å². The minimum absolute atomic E-state index is 0.0760. The fourth-order valence-corrected chi connectivity index (χ4v) is 2.22. The summed E-state index contributed by atoms with van der Waals surface area (Å²) in [6, 6.07) is 9.41. The van der Waals surface area contributed by atoms with E-state index in [0.29, 0.717) is 5.02 Å². The highest BCUT2D eigenvalue weighted by atomic mass is 35.5. The topological polar surface area (TPSA) is 64.6 Å². The molecule has 26 heavy (non-hydrogen) atoms. The molecule has 0 radical (unpaired) electrons. The van der Waals surface area contributed by atoms with E-state index in [1.54, 1.807) is 6.07 Å². The summed E-state index contributed by atoms with van der Waals surface area (Å²) >= 11 is 11.8. The van der Waals surface area contributed by atoms with Crippen molar-refractivity contribution in [1.29, 1.82) is 0 Å². The highest BCUT2D eigenvalue weighted by molar-refractivity contribution is 6.35. The van der Waals surface area contributed by atoms with Crippen LogP contribution in [0.1, 0.15) is 17.3 Å². The summed E-state index contributed by atoms with van der Waals surface area (Å²) in [6.07, 6.45) is -1.13. The number of hydrogen-bond acceptors (Lipinski definition) is 4. The number of benzene rings is 2. The van der Waals surface area contributed by atoms with E-state index in [4.69, 9.17) is 27.9 Å². The number of carbonyl (C=O) groups excluding carboxylic acids is 2. The van der Waals surface area contributed by atoms with Crippen molar-refractivity contribution in [3.05, 3.63) is 58.1 Å². The van der Waals surface area contributed by atoms with Gasteiger partial charge in [-0.3, -0.25) is 4.79 Å². The first-order chi connectivity index (χ1) is 12.3.